The third-order valence-electron chi connectivity index (χ3n) is 5.39. The van der Waals surface area contributed by atoms with Crippen molar-refractivity contribution in [2.45, 2.75) is 58.9 Å². The summed E-state index contributed by atoms with van der Waals surface area (Å²) in [5.74, 6) is 0. The van der Waals surface area contributed by atoms with Crippen LogP contribution in [0.4, 0.5) is 0 Å². The van der Waals surface area contributed by atoms with Gasteiger partial charge < -0.3 is 24.7 Å². The number of hydrogen-bond donors (Lipinski definition) is 0. The molecule has 0 saturated carbocycles. The van der Waals surface area contributed by atoms with Crippen LogP contribution < -0.4 is 0 Å². The zero-order valence-electron chi connectivity index (χ0n) is 23.9. The fraction of sp³-hybridized carbons (Fsp3) is 0.391. The highest BCUT2D eigenvalue weighted by molar-refractivity contribution is 6.97. The van der Waals surface area contributed by atoms with Gasteiger partial charge >= 0.3 is 42.8 Å². The molecule has 4 atom stereocenters. The van der Waals surface area contributed by atoms with Gasteiger partial charge in [0.25, 0.3) is 0 Å². The van der Waals surface area contributed by atoms with Crippen LogP contribution in [0.15, 0.2) is 85.9 Å². The van der Waals surface area contributed by atoms with E-state index in [4.69, 9.17) is 24.7 Å². The second-order valence-corrected chi connectivity index (χ2v) is 34.7. The van der Waals surface area contributed by atoms with Crippen molar-refractivity contribution in [1.82, 2.24) is 0 Å². The van der Waals surface area contributed by atoms with Gasteiger partial charge in [-0.1, -0.05) is 39.9 Å². The molecular formula is C23H48O6Si7. The zero-order chi connectivity index (χ0) is 28.7. The second kappa shape index (κ2) is 13.0. The predicted molar refractivity (Wildman–Crippen MR) is 171 cm³/mol. The predicted octanol–water partition coefficient (Wildman–Crippen LogP) is 6.93. The summed E-state index contributed by atoms with van der Waals surface area (Å²) in [6.45, 7) is 45.8. The lowest BCUT2D eigenvalue weighted by Crippen LogP contribution is -2.62. The maximum absolute atomic E-state index is 6.68. The van der Waals surface area contributed by atoms with Gasteiger partial charge in [-0.05, 0) is 58.9 Å². The van der Waals surface area contributed by atoms with Crippen LogP contribution in [0.2, 0.25) is 58.9 Å². The minimum absolute atomic E-state index is 1.73. The molecule has 0 aliphatic carbocycles. The lowest BCUT2D eigenvalue weighted by atomic mass is 11.3. The molecule has 13 heteroatoms. The molecule has 6 nitrogen and oxygen atoms in total. The first-order valence-corrected chi connectivity index (χ1v) is 29.8. The van der Waals surface area contributed by atoms with Crippen molar-refractivity contribution in [2.75, 3.05) is 0 Å². The van der Waals surface area contributed by atoms with Crippen molar-refractivity contribution in [1.29, 1.82) is 0 Å². The maximum Gasteiger partial charge on any atom is 0.344 e. The highest BCUT2D eigenvalue weighted by Gasteiger charge is 2.51. The van der Waals surface area contributed by atoms with Crippen LogP contribution in [-0.4, -0.2) is 59.4 Å². The van der Waals surface area contributed by atoms with E-state index in [1.165, 1.54) is 0 Å². The van der Waals surface area contributed by atoms with Crippen LogP contribution in [0.3, 0.4) is 0 Å². The normalized spacial score (nSPS) is 20.7. The van der Waals surface area contributed by atoms with Gasteiger partial charge in [-0.15, -0.1) is 46.1 Å². The molecule has 0 bridgehead atoms. The molecule has 0 rings (SSSR count). The minimum Gasteiger partial charge on any atom is -0.430 e. The Morgan fingerprint density at radius 3 is 0.611 bits per heavy atom. The van der Waals surface area contributed by atoms with E-state index in [0.717, 1.165) is 0 Å². The summed E-state index contributed by atoms with van der Waals surface area (Å²) in [6, 6.07) is 0. The first-order valence-electron chi connectivity index (χ1n) is 11.8. The Labute approximate surface area is 228 Å². The van der Waals surface area contributed by atoms with Crippen molar-refractivity contribution >= 4 is 59.4 Å². The average molecular weight is 617 g/mol. The van der Waals surface area contributed by atoms with Crippen LogP contribution >= 0.6 is 0 Å². The van der Waals surface area contributed by atoms with Crippen LogP contribution in [0.1, 0.15) is 0 Å². The molecule has 0 fully saturated rings. The molecule has 0 aliphatic heterocycles. The van der Waals surface area contributed by atoms with Gasteiger partial charge in [-0.25, -0.2) is 0 Å². The largest absolute Gasteiger partial charge is 0.430 e. The van der Waals surface area contributed by atoms with Gasteiger partial charge in [0, 0.05) is 0 Å². The quantitative estimate of drug-likeness (QED) is 0.147. The molecule has 0 aromatic rings. The van der Waals surface area contributed by atoms with Crippen LogP contribution in [0, 0.1) is 0 Å². The summed E-state index contributed by atoms with van der Waals surface area (Å²) < 4.78 is 39.5. The molecule has 0 aliphatic rings. The van der Waals surface area contributed by atoms with Crippen molar-refractivity contribution in [3.8, 4) is 0 Å². The monoisotopic (exact) mass is 616 g/mol. The molecule has 0 amide bonds. The van der Waals surface area contributed by atoms with E-state index in [1.807, 2.05) is 44.1 Å². The van der Waals surface area contributed by atoms with Gasteiger partial charge in [0.2, 0.25) is 0 Å². The summed E-state index contributed by atoms with van der Waals surface area (Å²) in [5.41, 5.74) is 12.5. The number of rotatable bonds is 19. The highest BCUT2D eigenvalue weighted by atomic mass is 28.5. The number of hydrogen-bond acceptors (Lipinski definition) is 6. The molecule has 0 spiro atoms. The van der Waals surface area contributed by atoms with E-state index >= 15 is 0 Å². The first-order chi connectivity index (χ1) is 16.2. The molecule has 4 unspecified atom stereocenters. The Bertz CT molecular complexity index is 804. The first kappa shape index (κ1) is 35.5. The Kier molecular flexibility index (Phi) is 12.8. The van der Waals surface area contributed by atoms with Gasteiger partial charge in [0.1, 0.15) is 0 Å². The Hall–Kier alpha value is -0.542. The third-order valence-corrected chi connectivity index (χ3v) is 31.5. The average Bonchev–Trinajstić information content (AvgIpc) is 2.77. The van der Waals surface area contributed by atoms with Crippen molar-refractivity contribution in [3.63, 3.8) is 0 Å². The third kappa shape index (κ3) is 11.1. The second-order valence-electron chi connectivity index (χ2n) is 10.3. The molecule has 0 N–H and O–H groups in total. The zero-order valence-corrected chi connectivity index (χ0v) is 30.9. The molecular weight excluding hydrogens is 569 g/mol. The molecule has 0 heterocycles. The van der Waals surface area contributed by atoms with Crippen LogP contribution in [0.5, 0.6) is 0 Å². The van der Waals surface area contributed by atoms with Gasteiger partial charge in [0.15, 0.2) is 16.6 Å². The summed E-state index contributed by atoms with van der Waals surface area (Å²) in [4.78, 5) is 0. The van der Waals surface area contributed by atoms with Gasteiger partial charge in [-0.2, -0.15) is 0 Å². The van der Waals surface area contributed by atoms with Crippen molar-refractivity contribution in [3.05, 3.63) is 85.9 Å². The van der Waals surface area contributed by atoms with Crippen LogP contribution in [-0.2, 0) is 24.7 Å². The molecule has 204 valence electrons. The molecule has 0 aromatic carbocycles. The molecule has 36 heavy (non-hydrogen) atoms. The highest BCUT2D eigenvalue weighted by Crippen LogP contribution is 2.30. The maximum atomic E-state index is 6.68. The van der Waals surface area contributed by atoms with Crippen molar-refractivity contribution in [2.24, 2.45) is 0 Å². The van der Waals surface area contributed by atoms with Gasteiger partial charge in [-0.3, -0.25) is 0 Å². The van der Waals surface area contributed by atoms with E-state index in [9.17, 15) is 0 Å². The Balaban J connectivity index is 6.09. The lowest BCUT2D eigenvalue weighted by molar-refractivity contribution is 0.284. The minimum atomic E-state index is -3.05. The molecule has 0 radical (unpaired) electrons. The van der Waals surface area contributed by atoms with Crippen molar-refractivity contribution < 1.29 is 24.7 Å². The van der Waals surface area contributed by atoms with E-state index in [1.54, 1.807) is 28.5 Å². The van der Waals surface area contributed by atoms with E-state index in [2.05, 4.69) is 72.2 Å². The fourth-order valence-electron chi connectivity index (χ4n) is 3.26. The Morgan fingerprint density at radius 2 is 0.472 bits per heavy atom. The van der Waals surface area contributed by atoms with E-state index < -0.39 is 59.4 Å². The summed E-state index contributed by atoms with van der Waals surface area (Å²) in [6.07, 6.45) is 0. The van der Waals surface area contributed by atoms with Crippen LogP contribution in [0.25, 0.3) is 0 Å². The van der Waals surface area contributed by atoms with E-state index in [0.29, 0.717) is 0 Å². The topological polar surface area (TPSA) is 55.4 Å². The standard InChI is InChI=1S/C23H48O6Si7/c1-17-30(8,9)24-32(12,19-3)26-34(14,21-5)28-36(16,23-7)29-35(15,22-6)27-33(13,20-4)25-31(10,11)18-2/h17-23H,1-7H2,8-16H3. The van der Waals surface area contributed by atoms with Gasteiger partial charge in [0.05, 0.1) is 0 Å². The molecule has 0 saturated heterocycles. The SMILES string of the molecule is C=C[Si](C)(C)O[Si](C)(C=C)O[Si](C)(C=C)O[Si](C)(C=C)O[Si](C)(C=C)O[Si](C)(C=C)O[Si](C)(C)C=C. The Morgan fingerprint density at radius 1 is 0.306 bits per heavy atom. The summed E-state index contributed by atoms with van der Waals surface area (Å²) in [5, 5.41) is 0. The lowest BCUT2D eigenvalue weighted by Gasteiger charge is -2.43. The van der Waals surface area contributed by atoms with E-state index in [-0.39, 0.29) is 0 Å². The smallest absolute Gasteiger partial charge is 0.344 e. The summed E-state index contributed by atoms with van der Waals surface area (Å²) in [7, 11) is -19.0. The molecule has 0 aromatic heterocycles. The summed E-state index contributed by atoms with van der Waals surface area (Å²) >= 11 is 0. The fourth-order valence-corrected chi connectivity index (χ4v) is 31.2.